The van der Waals surface area contributed by atoms with Crippen molar-refractivity contribution in [2.24, 2.45) is 17.2 Å². The molecule has 0 atom stereocenters. The Morgan fingerprint density at radius 1 is 0.548 bits per heavy atom. The minimum atomic E-state index is -1.000. The monoisotopic (exact) mass is 642 g/mol. The molecule has 0 heterocycles. The predicted molar refractivity (Wildman–Crippen MR) is 153 cm³/mol. The minimum absolute atomic E-state index is 0. The summed E-state index contributed by atoms with van der Waals surface area (Å²) in [6.07, 6.45) is 2.97. The molecule has 0 rings (SSSR count). The molecule has 0 fully saturated rings. The van der Waals surface area contributed by atoms with Gasteiger partial charge in [0, 0.05) is 81.0 Å². The first-order chi connectivity index (χ1) is 19.1. The van der Waals surface area contributed by atoms with E-state index < -0.39 is 41.1 Å². The SMILES string of the molecule is CCN(CC)C(=O)C=C(CCO)C(N)=O.CCN(CC)C(=O)C=C(O)C(N)=O.CCN(CC)C(=O)C=C(O)C(N)=O.[Fe]. The second-order valence-corrected chi connectivity index (χ2v) is 7.83. The molecule has 0 aromatic rings. The molecule has 0 saturated carbocycles. The van der Waals surface area contributed by atoms with Gasteiger partial charge in [-0.05, 0) is 41.5 Å². The van der Waals surface area contributed by atoms with Gasteiger partial charge in [-0.1, -0.05) is 0 Å². The number of carbonyl (C=O) groups excluding carboxylic acids is 6. The number of aliphatic hydroxyl groups excluding tert-OH is 3. The summed E-state index contributed by atoms with van der Waals surface area (Å²) in [5.41, 5.74) is 14.7. The van der Waals surface area contributed by atoms with Crippen molar-refractivity contribution in [1.82, 2.24) is 14.7 Å². The fraction of sp³-hybridized carbons (Fsp3) is 0.538. The quantitative estimate of drug-likeness (QED) is 0.0788. The molecule has 42 heavy (non-hydrogen) atoms. The smallest absolute Gasteiger partial charge is 0.283 e. The Hall–Kier alpha value is -3.88. The first-order valence-electron chi connectivity index (χ1n) is 13.0. The van der Waals surface area contributed by atoms with Gasteiger partial charge in [-0.2, -0.15) is 0 Å². The Balaban J connectivity index is -0.000000256. The van der Waals surface area contributed by atoms with E-state index in [4.69, 9.17) is 32.5 Å². The molecule has 0 bridgehead atoms. The van der Waals surface area contributed by atoms with Crippen LogP contribution in [0.2, 0.25) is 0 Å². The van der Waals surface area contributed by atoms with Gasteiger partial charge >= 0.3 is 0 Å². The van der Waals surface area contributed by atoms with E-state index in [-0.39, 0.29) is 41.6 Å². The number of amides is 6. The number of nitrogens with two attached hydrogens (primary N) is 3. The van der Waals surface area contributed by atoms with Gasteiger partial charge in [0.2, 0.25) is 23.6 Å². The van der Waals surface area contributed by atoms with Crippen molar-refractivity contribution in [2.45, 2.75) is 48.0 Å². The normalized spacial score (nSPS) is 10.9. The molecular formula is C26H46FeN6O9. The number of likely N-dealkylation sites (N-methyl/N-ethyl adjacent to an activating group) is 3. The molecule has 0 aliphatic rings. The van der Waals surface area contributed by atoms with Gasteiger partial charge in [0.25, 0.3) is 11.8 Å². The Morgan fingerprint density at radius 3 is 1.00 bits per heavy atom. The first-order valence-corrected chi connectivity index (χ1v) is 13.0. The van der Waals surface area contributed by atoms with Crippen LogP contribution in [0.3, 0.4) is 0 Å². The van der Waals surface area contributed by atoms with Gasteiger partial charge in [0.05, 0.1) is 12.2 Å². The summed E-state index contributed by atoms with van der Waals surface area (Å²) < 4.78 is 0. The van der Waals surface area contributed by atoms with Gasteiger partial charge in [-0.15, -0.1) is 0 Å². The fourth-order valence-corrected chi connectivity index (χ4v) is 2.79. The number of primary amides is 3. The van der Waals surface area contributed by atoms with Crippen LogP contribution >= 0.6 is 0 Å². The zero-order valence-electron chi connectivity index (χ0n) is 25.1. The van der Waals surface area contributed by atoms with Crippen molar-refractivity contribution in [3.05, 3.63) is 35.3 Å². The van der Waals surface area contributed by atoms with Crippen molar-refractivity contribution in [3.63, 3.8) is 0 Å². The number of hydrogen-bond donors (Lipinski definition) is 6. The third kappa shape index (κ3) is 20.1. The average Bonchev–Trinajstić information content (AvgIpc) is 2.91. The van der Waals surface area contributed by atoms with Crippen LogP contribution in [0.15, 0.2) is 35.3 Å². The van der Waals surface area contributed by atoms with E-state index in [1.807, 2.05) is 13.8 Å². The van der Waals surface area contributed by atoms with E-state index in [0.717, 1.165) is 12.2 Å². The van der Waals surface area contributed by atoms with Crippen LogP contribution in [0.1, 0.15) is 48.0 Å². The van der Waals surface area contributed by atoms with Crippen LogP contribution in [0, 0.1) is 0 Å². The van der Waals surface area contributed by atoms with E-state index in [1.54, 1.807) is 32.6 Å². The molecule has 242 valence electrons. The largest absolute Gasteiger partial charge is 0.503 e. The van der Waals surface area contributed by atoms with Gasteiger partial charge in [-0.25, -0.2) is 0 Å². The van der Waals surface area contributed by atoms with Crippen LogP contribution in [-0.2, 0) is 45.8 Å². The predicted octanol–water partition coefficient (Wildman–Crippen LogP) is -0.790. The maximum absolute atomic E-state index is 11.6. The molecule has 0 aliphatic heterocycles. The molecule has 9 N–H and O–H groups in total. The summed E-state index contributed by atoms with van der Waals surface area (Å²) in [5, 5.41) is 26.4. The van der Waals surface area contributed by atoms with Crippen molar-refractivity contribution in [2.75, 3.05) is 45.9 Å². The standard InChI is InChI=1S/C10H18N2O3.2C8H14N2O3.Fe/c1-3-12(4-2)9(14)7-8(5-6-13)10(11)15;2*1-3-10(4-2)7(12)5-6(11)8(9)13;/h7,13H,3-6H2,1-2H3,(H2,11,15);2*5,11H,3-4H2,1-2H3,(H2,9,13);. The maximum atomic E-state index is 11.6. The van der Waals surface area contributed by atoms with Crippen LogP contribution in [0.5, 0.6) is 0 Å². The molecule has 0 radical (unpaired) electrons. The molecule has 0 saturated heterocycles. The topological polar surface area (TPSA) is 251 Å². The molecular weight excluding hydrogens is 596 g/mol. The summed E-state index contributed by atoms with van der Waals surface area (Å²) in [5.74, 6) is -5.16. The van der Waals surface area contributed by atoms with Crippen LogP contribution in [0.4, 0.5) is 0 Å². The van der Waals surface area contributed by atoms with Crippen molar-refractivity contribution < 1.29 is 61.2 Å². The third-order valence-corrected chi connectivity index (χ3v) is 5.25. The van der Waals surface area contributed by atoms with Gasteiger partial charge in [0.1, 0.15) is 0 Å². The van der Waals surface area contributed by atoms with E-state index >= 15 is 0 Å². The molecule has 15 nitrogen and oxygen atoms in total. The Morgan fingerprint density at radius 2 is 0.810 bits per heavy atom. The summed E-state index contributed by atoms with van der Waals surface area (Å²) >= 11 is 0. The summed E-state index contributed by atoms with van der Waals surface area (Å²) in [6.45, 7) is 14.0. The van der Waals surface area contributed by atoms with E-state index in [9.17, 15) is 28.8 Å². The number of hydrogen-bond acceptors (Lipinski definition) is 9. The molecule has 0 aromatic carbocycles. The Labute approximate surface area is 257 Å². The third-order valence-electron chi connectivity index (χ3n) is 5.25. The van der Waals surface area contributed by atoms with Gasteiger partial charge < -0.3 is 47.2 Å². The molecule has 16 heteroatoms. The summed E-state index contributed by atoms with van der Waals surface area (Å²) in [4.78, 5) is 70.1. The van der Waals surface area contributed by atoms with Crippen molar-refractivity contribution >= 4 is 35.4 Å². The van der Waals surface area contributed by atoms with E-state index in [0.29, 0.717) is 39.3 Å². The van der Waals surface area contributed by atoms with E-state index in [2.05, 4.69) is 0 Å². The number of aliphatic hydroxyl groups is 3. The van der Waals surface area contributed by atoms with Crippen LogP contribution in [0.25, 0.3) is 0 Å². The Kier molecular flexibility index (Phi) is 28.0. The van der Waals surface area contributed by atoms with E-state index in [1.165, 1.54) is 15.9 Å². The zero-order chi connectivity index (χ0) is 32.7. The fourth-order valence-electron chi connectivity index (χ4n) is 2.79. The second-order valence-electron chi connectivity index (χ2n) is 7.83. The second kappa shape index (κ2) is 26.0. The van der Waals surface area contributed by atoms with Gasteiger partial charge in [-0.3, -0.25) is 28.8 Å². The Bertz CT molecular complexity index is 921. The molecule has 0 unspecified atom stereocenters. The van der Waals surface area contributed by atoms with Crippen LogP contribution in [-0.4, -0.2) is 111 Å². The molecule has 0 spiro atoms. The summed E-state index contributed by atoms with van der Waals surface area (Å²) in [6, 6.07) is 0. The minimum Gasteiger partial charge on any atom is -0.503 e. The average molecular weight is 643 g/mol. The molecule has 6 amide bonds. The maximum Gasteiger partial charge on any atom is 0.283 e. The zero-order valence-corrected chi connectivity index (χ0v) is 26.2. The number of carbonyl (C=O) groups is 6. The van der Waals surface area contributed by atoms with Crippen molar-refractivity contribution in [3.8, 4) is 0 Å². The van der Waals surface area contributed by atoms with Crippen molar-refractivity contribution in [1.29, 1.82) is 0 Å². The van der Waals surface area contributed by atoms with Gasteiger partial charge in [0.15, 0.2) is 11.5 Å². The number of nitrogens with zero attached hydrogens (tertiary/aromatic N) is 3. The summed E-state index contributed by atoms with van der Waals surface area (Å²) in [7, 11) is 0. The number of rotatable bonds is 14. The first kappa shape index (κ1) is 45.1. The molecule has 0 aromatic heterocycles. The van der Waals surface area contributed by atoms with Crippen LogP contribution < -0.4 is 17.2 Å². The molecule has 0 aliphatic carbocycles.